The van der Waals surface area contributed by atoms with Crippen molar-refractivity contribution in [2.45, 2.75) is 19.4 Å². The minimum Gasteiger partial charge on any atom is -0.409 e. The smallest absolute Gasteiger partial charge is 0.143 e. The van der Waals surface area contributed by atoms with E-state index in [1.165, 1.54) is 0 Å². The SMILES string of the molecule is NC(=NO)C1CCCN(Cc2ccc3ccccc3n2)C1. The highest BCUT2D eigenvalue weighted by Gasteiger charge is 2.23. The monoisotopic (exact) mass is 284 g/mol. The van der Waals surface area contributed by atoms with Crippen LogP contribution in [0, 0.1) is 5.92 Å². The van der Waals surface area contributed by atoms with Crippen LogP contribution in [0.2, 0.25) is 0 Å². The van der Waals surface area contributed by atoms with Crippen LogP contribution >= 0.6 is 0 Å². The van der Waals surface area contributed by atoms with Gasteiger partial charge in [-0.2, -0.15) is 0 Å². The second kappa shape index (κ2) is 6.10. The fraction of sp³-hybridized carbons (Fsp3) is 0.375. The fourth-order valence-corrected chi connectivity index (χ4v) is 2.95. The fourth-order valence-electron chi connectivity index (χ4n) is 2.95. The zero-order chi connectivity index (χ0) is 14.7. The van der Waals surface area contributed by atoms with Crippen molar-refractivity contribution in [3.8, 4) is 0 Å². The van der Waals surface area contributed by atoms with Gasteiger partial charge in [0.05, 0.1) is 11.2 Å². The summed E-state index contributed by atoms with van der Waals surface area (Å²) in [5.74, 6) is 0.482. The lowest BCUT2D eigenvalue weighted by molar-refractivity contribution is 0.191. The number of amidine groups is 1. The number of fused-ring (bicyclic) bond motifs is 1. The number of pyridine rings is 1. The number of hydrogen-bond acceptors (Lipinski definition) is 4. The maximum Gasteiger partial charge on any atom is 0.143 e. The van der Waals surface area contributed by atoms with E-state index in [-0.39, 0.29) is 5.92 Å². The van der Waals surface area contributed by atoms with Crippen molar-refractivity contribution in [2.24, 2.45) is 16.8 Å². The largest absolute Gasteiger partial charge is 0.409 e. The zero-order valence-electron chi connectivity index (χ0n) is 11.9. The number of para-hydroxylation sites is 1. The minimum atomic E-state index is 0.143. The third kappa shape index (κ3) is 3.13. The Morgan fingerprint density at radius 3 is 3.05 bits per heavy atom. The second-order valence-corrected chi connectivity index (χ2v) is 5.59. The molecule has 1 aromatic carbocycles. The molecule has 1 aliphatic rings. The summed E-state index contributed by atoms with van der Waals surface area (Å²) in [7, 11) is 0. The summed E-state index contributed by atoms with van der Waals surface area (Å²) in [6, 6.07) is 12.3. The topological polar surface area (TPSA) is 74.7 Å². The first kappa shape index (κ1) is 13.8. The van der Waals surface area contributed by atoms with Crippen LogP contribution in [0.4, 0.5) is 0 Å². The van der Waals surface area contributed by atoms with Crippen LogP contribution in [0.25, 0.3) is 10.9 Å². The Kier molecular flexibility index (Phi) is 4.01. The first-order valence-electron chi connectivity index (χ1n) is 7.30. The molecule has 1 saturated heterocycles. The van der Waals surface area contributed by atoms with Gasteiger partial charge < -0.3 is 10.9 Å². The summed E-state index contributed by atoms with van der Waals surface area (Å²) in [5.41, 5.74) is 7.83. The molecule has 0 aliphatic carbocycles. The summed E-state index contributed by atoms with van der Waals surface area (Å²) < 4.78 is 0. The molecule has 1 atom stereocenters. The average molecular weight is 284 g/mol. The highest BCUT2D eigenvalue weighted by molar-refractivity contribution is 5.82. The molecular formula is C16H20N4O. The molecular weight excluding hydrogens is 264 g/mol. The zero-order valence-corrected chi connectivity index (χ0v) is 11.9. The van der Waals surface area contributed by atoms with E-state index >= 15 is 0 Å². The van der Waals surface area contributed by atoms with Crippen LogP contribution in [0.1, 0.15) is 18.5 Å². The molecule has 3 rings (SSSR count). The molecule has 1 aliphatic heterocycles. The molecule has 1 aromatic heterocycles. The van der Waals surface area contributed by atoms with Crippen molar-refractivity contribution in [1.29, 1.82) is 0 Å². The van der Waals surface area contributed by atoms with Crippen molar-refractivity contribution in [1.82, 2.24) is 9.88 Å². The quantitative estimate of drug-likeness (QED) is 0.392. The number of hydrogen-bond donors (Lipinski definition) is 2. The molecule has 5 nitrogen and oxygen atoms in total. The lowest BCUT2D eigenvalue weighted by Gasteiger charge is -2.31. The van der Waals surface area contributed by atoms with Crippen molar-refractivity contribution >= 4 is 16.7 Å². The molecule has 5 heteroatoms. The normalized spacial score (nSPS) is 20.8. The van der Waals surface area contributed by atoms with Crippen LogP contribution in [-0.2, 0) is 6.54 Å². The van der Waals surface area contributed by atoms with E-state index < -0.39 is 0 Å². The van der Waals surface area contributed by atoms with Gasteiger partial charge in [-0.3, -0.25) is 9.88 Å². The molecule has 21 heavy (non-hydrogen) atoms. The van der Waals surface area contributed by atoms with E-state index in [4.69, 9.17) is 15.9 Å². The van der Waals surface area contributed by atoms with Gasteiger partial charge in [-0.25, -0.2) is 0 Å². The number of aromatic nitrogens is 1. The van der Waals surface area contributed by atoms with Crippen LogP contribution < -0.4 is 5.73 Å². The number of benzene rings is 1. The van der Waals surface area contributed by atoms with E-state index in [0.29, 0.717) is 5.84 Å². The van der Waals surface area contributed by atoms with Gasteiger partial charge in [0.1, 0.15) is 5.84 Å². The Morgan fingerprint density at radius 1 is 1.33 bits per heavy atom. The number of nitrogens with two attached hydrogens (primary N) is 1. The predicted octanol–water partition coefficient (Wildman–Crippen LogP) is 2.19. The molecule has 0 amide bonds. The van der Waals surface area contributed by atoms with Crippen molar-refractivity contribution in [2.75, 3.05) is 13.1 Å². The summed E-state index contributed by atoms with van der Waals surface area (Å²) in [6.07, 6.45) is 2.05. The minimum absolute atomic E-state index is 0.143. The number of nitrogens with zero attached hydrogens (tertiary/aromatic N) is 3. The third-order valence-electron chi connectivity index (χ3n) is 4.08. The third-order valence-corrected chi connectivity index (χ3v) is 4.08. The van der Waals surface area contributed by atoms with Crippen LogP contribution in [0.5, 0.6) is 0 Å². The average Bonchev–Trinajstić information content (AvgIpc) is 2.54. The van der Waals surface area contributed by atoms with Gasteiger partial charge in [0.2, 0.25) is 0 Å². The molecule has 0 saturated carbocycles. The first-order chi connectivity index (χ1) is 10.3. The van der Waals surface area contributed by atoms with Gasteiger partial charge in [0.25, 0.3) is 0 Å². The van der Waals surface area contributed by atoms with Gasteiger partial charge in [-0.15, -0.1) is 0 Å². The number of oxime groups is 1. The molecule has 0 spiro atoms. The van der Waals surface area contributed by atoms with E-state index in [0.717, 1.165) is 49.1 Å². The van der Waals surface area contributed by atoms with Gasteiger partial charge in [0.15, 0.2) is 0 Å². The predicted molar refractivity (Wildman–Crippen MR) is 83.2 cm³/mol. The van der Waals surface area contributed by atoms with Gasteiger partial charge in [-0.1, -0.05) is 29.4 Å². The lowest BCUT2D eigenvalue weighted by Crippen LogP contribution is -2.40. The molecule has 110 valence electrons. The standard InChI is InChI=1S/C16H20N4O/c17-16(19-21)13-5-3-9-20(10-13)11-14-8-7-12-4-1-2-6-15(12)18-14/h1-2,4,6-8,13,21H,3,5,9-11H2,(H2,17,19). The summed E-state index contributed by atoms with van der Waals surface area (Å²) in [6.45, 7) is 2.66. The van der Waals surface area contributed by atoms with Crippen molar-refractivity contribution < 1.29 is 5.21 Å². The van der Waals surface area contributed by atoms with Crippen LogP contribution in [-0.4, -0.2) is 34.0 Å². The Morgan fingerprint density at radius 2 is 2.19 bits per heavy atom. The first-order valence-corrected chi connectivity index (χ1v) is 7.30. The maximum atomic E-state index is 8.81. The summed E-state index contributed by atoms with van der Waals surface area (Å²) >= 11 is 0. The van der Waals surface area contributed by atoms with Gasteiger partial charge in [0, 0.05) is 24.4 Å². The Balaban J connectivity index is 1.72. The Labute approximate surface area is 124 Å². The van der Waals surface area contributed by atoms with Gasteiger partial charge in [-0.05, 0) is 31.5 Å². The van der Waals surface area contributed by atoms with E-state index in [2.05, 4.69) is 28.3 Å². The molecule has 2 aromatic rings. The molecule has 0 radical (unpaired) electrons. The highest BCUT2D eigenvalue weighted by Crippen LogP contribution is 2.19. The highest BCUT2D eigenvalue weighted by atomic mass is 16.4. The van der Waals surface area contributed by atoms with Gasteiger partial charge >= 0.3 is 0 Å². The Bertz CT molecular complexity index is 656. The second-order valence-electron chi connectivity index (χ2n) is 5.59. The van der Waals surface area contributed by atoms with Crippen molar-refractivity contribution in [3.63, 3.8) is 0 Å². The number of likely N-dealkylation sites (tertiary alicyclic amines) is 1. The number of piperidine rings is 1. The lowest BCUT2D eigenvalue weighted by atomic mass is 9.97. The molecule has 1 unspecified atom stereocenters. The maximum absolute atomic E-state index is 8.81. The molecule has 3 N–H and O–H groups in total. The summed E-state index contributed by atoms with van der Waals surface area (Å²) in [5, 5.41) is 13.1. The van der Waals surface area contributed by atoms with E-state index in [9.17, 15) is 0 Å². The van der Waals surface area contributed by atoms with Crippen LogP contribution in [0.3, 0.4) is 0 Å². The Hall–Kier alpha value is -2.14. The molecule has 2 heterocycles. The van der Waals surface area contributed by atoms with E-state index in [1.807, 2.05) is 18.2 Å². The van der Waals surface area contributed by atoms with E-state index in [1.54, 1.807) is 0 Å². The molecule has 1 fully saturated rings. The molecule has 0 bridgehead atoms. The summed E-state index contributed by atoms with van der Waals surface area (Å²) in [4.78, 5) is 7.03. The van der Waals surface area contributed by atoms with Crippen LogP contribution in [0.15, 0.2) is 41.6 Å². The number of rotatable bonds is 3. The van der Waals surface area contributed by atoms with Crippen molar-refractivity contribution in [3.05, 3.63) is 42.1 Å².